The van der Waals surface area contributed by atoms with Crippen LogP contribution in [-0.2, 0) is 0 Å². The van der Waals surface area contributed by atoms with Gasteiger partial charge >= 0.3 is 0 Å². The van der Waals surface area contributed by atoms with E-state index in [0.29, 0.717) is 17.5 Å². The molecule has 0 saturated carbocycles. The van der Waals surface area contributed by atoms with Gasteiger partial charge in [0, 0.05) is 16.7 Å². The first-order chi connectivity index (χ1) is 17.8. The molecule has 3 nitrogen and oxygen atoms in total. The summed E-state index contributed by atoms with van der Waals surface area (Å²) >= 11 is 0. The summed E-state index contributed by atoms with van der Waals surface area (Å²) in [6, 6.07) is 44.0. The maximum Gasteiger partial charge on any atom is 0.164 e. The second-order valence-corrected chi connectivity index (χ2v) is 8.92. The molecule has 7 aromatic rings. The molecule has 0 N–H and O–H groups in total. The van der Waals surface area contributed by atoms with Gasteiger partial charge in [-0.15, -0.1) is 0 Å². The number of benzene rings is 6. The second-order valence-electron chi connectivity index (χ2n) is 8.92. The van der Waals surface area contributed by atoms with Crippen LogP contribution in [0.15, 0.2) is 127 Å². The first-order valence-electron chi connectivity index (χ1n) is 12.0. The summed E-state index contributed by atoms with van der Waals surface area (Å²) in [6.07, 6.45) is 0. The fourth-order valence-electron chi connectivity index (χ4n) is 4.92. The van der Waals surface area contributed by atoms with Gasteiger partial charge in [-0.05, 0) is 38.4 Å². The molecule has 0 amide bonds. The van der Waals surface area contributed by atoms with Gasteiger partial charge in [0.2, 0.25) is 0 Å². The Morgan fingerprint density at radius 1 is 0.333 bits per heavy atom. The lowest BCUT2D eigenvalue weighted by molar-refractivity contribution is 1.08. The quantitative estimate of drug-likeness (QED) is 0.267. The van der Waals surface area contributed by atoms with Crippen LogP contribution in [0.5, 0.6) is 0 Å². The van der Waals surface area contributed by atoms with Gasteiger partial charge in [0.05, 0.1) is 0 Å². The normalized spacial score (nSPS) is 11.3. The summed E-state index contributed by atoms with van der Waals surface area (Å²) in [7, 11) is 0. The lowest BCUT2D eigenvalue weighted by Gasteiger charge is -2.12. The first-order valence-corrected chi connectivity index (χ1v) is 12.0. The van der Waals surface area contributed by atoms with Crippen LogP contribution in [0.25, 0.3) is 66.5 Å². The molecule has 168 valence electrons. The largest absolute Gasteiger partial charge is 0.208 e. The van der Waals surface area contributed by atoms with E-state index in [1.54, 1.807) is 0 Å². The minimum Gasteiger partial charge on any atom is -0.208 e. The number of fused-ring (bicyclic) bond motifs is 3. The zero-order chi connectivity index (χ0) is 23.9. The Kier molecular flexibility index (Phi) is 4.78. The molecular weight excluding hydrogens is 438 g/mol. The number of aromatic nitrogens is 3. The number of nitrogens with zero attached hydrogens (tertiary/aromatic N) is 3. The molecule has 0 aliphatic heterocycles. The predicted molar refractivity (Wildman–Crippen MR) is 149 cm³/mol. The van der Waals surface area contributed by atoms with Crippen molar-refractivity contribution in [3.63, 3.8) is 0 Å². The highest BCUT2D eigenvalue weighted by Crippen LogP contribution is 2.32. The third-order valence-electron chi connectivity index (χ3n) is 6.70. The van der Waals surface area contributed by atoms with E-state index in [1.165, 1.54) is 5.39 Å². The Labute approximate surface area is 208 Å². The monoisotopic (exact) mass is 459 g/mol. The van der Waals surface area contributed by atoms with E-state index in [1.807, 2.05) is 0 Å². The van der Waals surface area contributed by atoms with Crippen molar-refractivity contribution in [2.45, 2.75) is 0 Å². The van der Waals surface area contributed by atoms with E-state index in [0.717, 1.165) is 43.6 Å². The number of rotatable bonds is 3. The highest BCUT2D eigenvalue weighted by molar-refractivity contribution is 5.97. The van der Waals surface area contributed by atoms with Crippen LogP contribution in [0, 0.1) is 0 Å². The third kappa shape index (κ3) is 3.50. The van der Waals surface area contributed by atoms with Crippen LogP contribution in [0.3, 0.4) is 0 Å². The molecule has 0 fully saturated rings. The molecule has 0 bridgehead atoms. The van der Waals surface area contributed by atoms with Crippen LogP contribution in [0.4, 0.5) is 0 Å². The van der Waals surface area contributed by atoms with Crippen LogP contribution in [0.1, 0.15) is 0 Å². The summed E-state index contributed by atoms with van der Waals surface area (Å²) in [5.41, 5.74) is 2.97. The van der Waals surface area contributed by atoms with E-state index < -0.39 is 0 Å². The number of hydrogen-bond acceptors (Lipinski definition) is 3. The molecule has 0 unspecified atom stereocenters. The van der Waals surface area contributed by atoms with Crippen molar-refractivity contribution in [3.8, 4) is 34.2 Å². The minimum atomic E-state index is 0.668. The first kappa shape index (κ1) is 20.5. The summed E-state index contributed by atoms with van der Waals surface area (Å²) in [5, 5.41) is 6.93. The van der Waals surface area contributed by atoms with Crippen LogP contribution < -0.4 is 0 Å². The Hall–Kier alpha value is -4.89. The molecule has 6 aromatic carbocycles. The molecule has 1 heterocycles. The molecule has 0 aliphatic rings. The fourth-order valence-corrected chi connectivity index (χ4v) is 4.92. The molecule has 7 rings (SSSR count). The number of hydrogen-bond donors (Lipinski definition) is 0. The minimum absolute atomic E-state index is 0.668. The fraction of sp³-hybridized carbons (Fsp3) is 0. The highest BCUT2D eigenvalue weighted by atomic mass is 15.0. The van der Waals surface area contributed by atoms with Crippen molar-refractivity contribution in [1.82, 2.24) is 15.0 Å². The van der Waals surface area contributed by atoms with Crippen molar-refractivity contribution in [2.75, 3.05) is 0 Å². The summed E-state index contributed by atoms with van der Waals surface area (Å²) in [4.78, 5) is 15.1. The molecule has 3 heteroatoms. The van der Waals surface area contributed by atoms with Gasteiger partial charge in [-0.3, -0.25) is 0 Å². The van der Waals surface area contributed by atoms with Crippen LogP contribution in [-0.4, -0.2) is 15.0 Å². The van der Waals surface area contributed by atoms with Crippen molar-refractivity contribution < 1.29 is 0 Å². The standard InChI is InChI=1S/C33H21N3/c1-2-12-25-21-26(20-19-22(25)9-1)31-34-32(29-17-7-13-23-10-3-5-15-27(23)29)36-33(35-31)30-18-8-14-24-11-4-6-16-28(24)30/h1-21H. The maximum atomic E-state index is 5.04. The Morgan fingerprint density at radius 2 is 0.806 bits per heavy atom. The molecular formula is C33H21N3. The lowest BCUT2D eigenvalue weighted by atomic mass is 10.0. The van der Waals surface area contributed by atoms with E-state index in [2.05, 4.69) is 127 Å². The van der Waals surface area contributed by atoms with Gasteiger partial charge < -0.3 is 0 Å². The summed E-state index contributed by atoms with van der Waals surface area (Å²) in [6.45, 7) is 0. The second kappa shape index (κ2) is 8.40. The molecule has 0 saturated heterocycles. The van der Waals surface area contributed by atoms with Crippen LogP contribution in [0.2, 0.25) is 0 Å². The van der Waals surface area contributed by atoms with E-state index in [4.69, 9.17) is 15.0 Å². The van der Waals surface area contributed by atoms with Gasteiger partial charge in [0.25, 0.3) is 0 Å². The SMILES string of the molecule is c1ccc2cc(-c3nc(-c4cccc5ccccc45)nc(-c4cccc5ccccc45)n3)ccc2c1. The maximum absolute atomic E-state index is 5.04. The zero-order valence-electron chi connectivity index (χ0n) is 19.5. The van der Waals surface area contributed by atoms with Crippen LogP contribution >= 0.6 is 0 Å². The van der Waals surface area contributed by atoms with Gasteiger partial charge in [-0.1, -0.05) is 121 Å². The smallest absolute Gasteiger partial charge is 0.164 e. The van der Waals surface area contributed by atoms with Crippen molar-refractivity contribution in [3.05, 3.63) is 127 Å². The van der Waals surface area contributed by atoms with E-state index in [9.17, 15) is 0 Å². The topological polar surface area (TPSA) is 38.7 Å². The molecule has 0 aliphatic carbocycles. The molecule has 1 aromatic heterocycles. The van der Waals surface area contributed by atoms with Gasteiger partial charge in [-0.2, -0.15) is 0 Å². The third-order valence-corrected chi connectivity index (χ3v) is 6.70. The van der Waals surface area contributed by atoms with Gasteiger partial charge in [0.15, 0.2) is 17.5 Å². The zero-order valence-corrected chi connectivity index (χ0v) is 19.5. The predicted octanol–water partition coefficient (Wildman–Crippen LogP) is 8.33. The van der Waals surface area contributed by atoms with Gasteiger partial charge in [0.1, 0.15) is 0 Å². The molecule has 0 atom stereocenters. The Balaban J connectivity index is 1.52. The van der Waals surface area contributed by atoms with E-state index in [-0.39, 0.29) is 0 Å². The summed E-state index contributed by atoms with van der Waals surface area (Å²) < 4.78 is 0. The highest BCUT2D eigenvalue weighted by Gasteiger charge is 2.15. The molecule has 36 heavy (non-hydrogen) atoms. The molecule has 0 spiro atoms. The van der Waals surface area contributed by atoms with E-state index >= 15 is 0 Å². The summed E-state index contributed by atoms with van der Waals surface area (Å²) in [5.74, 6) is 2.02. The molecule has 0 radical (unpaired) electrons. The van der Waals surface area contributed by atoms with Crippen molar-refractivity contribution in [2.24, 2.45) is 0 Å². The Bertz CT molecular complexity index is 1800. The van der Waals surface area contributed by atoms with Crippen molar-refractivity contribution in [1.29, 1.82) is 0 Å². The van der Waals surface area contributed by atoms with Crippen molar-refractivity contribution >= 4 is 32.3 Å². The lowest BCUT2D eigenvalue weighted by Crippen LogP contribution is -2.01. The average Bonchev–Trinajstić information content (AvgIpc) is 2.96. The Morgan fingerprint density at radius 3 is 1.42 bits per heavy atom. The van der Waals surface area contributed by atoms with Gasteiger partial charge in [-0.25, -0.2) is 15.0 Å². The average molecular weight is 460 g/mol.